The summed E-state index contributed by atoms with van der Waals surface area (Å²) in [6.45, 7) is 4.16. The SMILES string of the molecule is CC(=O)OC[C@H](CO)C[C@H](C)COC(c1ccccc1)(c1ccccc1)c1ccccc1. The largest absolute Gasteiger partial charge is 0.465 e. The molecule has 0 heterocycles. The van der Waals surface area contributed by atoms with E-state index in [4.69, 9.17) is 9.47 Å². The molecule has 0 radical (unpaired) electrons. The summed E-state index contributed by atoms with van der Waals surface area (Å²) in [5.74, 6) is -0.293. The van der Waals surface area contributed by atoms with Gasteiger partial charge < -0.3 is 14.6 Å². The molecule has 0 saturated carbocycles. The van der Waals surface area contributed by atoms with E-state index in [0.29, 0.717) is 13.0 Å². The van der Waals surface area contributed by atoms with Crippen molar-refractivity contribution in [2.75, 3.05) is 19.8 Å². The lowest BCUT2D eigenvalue weighted by Crippen LogP contribution is -2.35. The summed E-state index contributed by atoms with van der Waals surface area (Å²) >= 11 is 0. The first-order valence-electron chi connectivity index (χ1n) is 11.1. The number of esters is 1. The van der Waals surface area contributed by atoms with E-state index in [1.165, 1.54) is 6.92 Å². The topological polar surface area (TPSA) is 55.8 Å². The summed E-state index contributed by atoms with van der Waals surface area (Å²) in [6.07, 6.45) is 0.693. The van der Waals surface area contributed by atoms with Crippen molar-refractivity contribution in [2.45, 2.75) is 25.9 Å². The summed E-state index contributed by atoms with van der Waals surface area (Å²) in [4.78, 5) is 11.1. The molecule has 4 nitrogen and oxygen atoms in total. The van der Waals surface area contributed by atoms with Crippen molar-refractivity contribution >= 4 is 5.97 Å². The molecular formula is C28H32O4. The summed E-state index contributed by atoms with van der Waals surface area (Å²) in [6, 6.07) is 30.8. The van der Waals surface area contributed by atoms with E-state index in [1.807, 2.05) is 54.6 Å². The molecule has 1 N–H and O–H groups in total. The van der Waals surface area contributed by atoms with Crippen LogP contribution in [0.2, 0.25) is 0 Å². The van der Waals surface area contributed by atoms with E-state index >= 15 is 0 Å². The van der Waals surface area contributed by atoms with Crippen molar-refractivity contribution in [3.8, 4) is 0 Å². The first-order chi connectivity index (χ1) is 15.6. The first-order valence-corrected chi connectivity index (χ1v) is 11.1. The molecule has 0 aliphatic rings. The second kappa shape index (κ2) is 11.6. The average molecular weight is 433 g/mol. The minimum absolute atomic E-state index is 0.0289. The van der Waals surface area contributed by atoms with Crippen LogP contribution in [0.5, 0.6) is 0 Å². The van der Waals surface area contributed by atoms with Gasteiger partial charge in [-0.1, -0.05) is 97.9 Å². The number of aliphatic hydroxyl groups excluding tert-OH is 1. The molecule has 0 aliphatic carbocycles. The first kappa shape index (κ1) is 23.7. The number of rotatable bonds is 11. The van der Waals surface area contributed by atoms with Crippen LogP contribution >= 0.6 is 0 Å². The van der Waals surface area contributed by atoms with Crippen LogP contribution in [0.1, 0.15) is 37.0 Å². The van der Waals surface area contributed by atoms with Gasteiger partial charge in [-0.25, -0.2) is 0 Å². The van der Waals surface area contributed by atoms with Gasteiger partial charge in [0.05, 0.1) is 13.2 Å². The second-order valence-electron chi connectivity index (χ2n) is 8.28. The Morgan fingerprint density at radius 2 is 1.25 bits per heavy atom. The number of carbonyl (C=O) groups is 1. The zero-order chi connectivity index (χ0) is 22.8. The highest BCUT2D eigenvalue weighted by Gasteiger charge is 2.37. The fourth-order valence-corrected chi connectivity index (χ4v) is 4.10. The van der Waals surface area contributed by atoms with Crippen molar-refractivity contribution in [3.05, 3.63) is 108 Å². The molecule has 0 unspecified atom stereocenters. The molecule has 4 heteroatoms. The fourth-order valence-electron chi connectivity index (χ4n) is 4.10. The van der Waals surface area contributed by atoms with Crippen molar-refractivity contribution in [2.24, 2.45) is 11.8 Å². The van der Waals surface area contributed by atoms with Crippen LogP contribution in [0.25, 0.3) is 0 Å². The van der Waals surface area contributed by atoms with Gasteiger partial charge in [0.2, 0.25) is 0 Å². The normalized spacial score (nSPS) is 13.3. The monoisotopic (exact) mass is 432 g/mol. The molecule has 2 atom stereocenters. The molecular weight excluding hydrogens is 400 g/mol. The zero-order valence-electron chi connectivity index (χ0n) is 18.8. The Labute approximate surface area is 190 Å². The Kier molecular flexibility index (Phi) is 8.60. The third kappa shape index (κ3) is 5.84. The maximum absolute atomic E-state index is 11.1. The average Bonchev–Trinajstić information content (AvgIpc) is 2.84. The van der Waals surface area contributed by atoms with E-state index < -0.39 is 5.60 Å². The Bertz CT molecular complexity index is 844. The molecule has 32 heavy (non-hydrogen) atoms. The predicted molar refractivity (Wildman–Crippen MR) is 126 cm³/mol. The maximum Gasteiger partial charge on any atom is 0.302 e. The number of hydrogen-bond donors (Lipinski definition) is 1. The number of ether oxygens (including phenoxy) is 2. The number of benzene rings is 3. The van der Waals surface area contributed by atoms with Crippen LogP contribution < -0.4 is 0 Å². The molecule has 3 rings (SSSR count). The van der Waals surface area contributed by atoms with Crippen LogP contribution in [0.3, 0.4) is 0 Å². The predicted octanol–water partition coefficient (Wildman–Crippen LogP) is 5.19. The maximum atomic E-state index is 11.1. The summed E-state index contributed by atoms with van der Waals surface area (Å²) in [5.41, 5.74) is 2.41. The van der Waals surface area contributed by atoms with Gasteiger partial charge in [0.25, 0.3) is 0 Å². The Hall–Kier alpha value is -2.95. The molecule has 168 valence electrons. The number of aliphatic hydroxyl groups is 1. The third-order valence-electron chi connectivity index (χ3n) is 5.64. The lowest BCUT2D eigenvalue weighted by molar-refractivity contribution is -0.143. The number of hydrogen-bond acceptors (Lipinski definition) is 4. The van der Waals surface area contributed by atoms with Gasteiger partial charge in [-0.05, 0) is 29.0 Å². The highest BCUT2D eigenvalue weighted by molar-refractivity contribution is 5.65. The van der Waals surface area contributed by atoms with Crippen molar-refractivity contribution in [1.82, 2.24) is 0 Å². The smallest absolute Gasteiger partial charge is 0.302 e. The second-order valence-corrected chi connectivity index (χ2v) is 8.28. The van der Waals surface area contributed by atoms with Crippen LogP contribution in [0.15, 0.2) is 91.0 Å². The molecule has 0 saturated heterocycles. The Morgan fingerprint density at radius 1 is 0.812 bits per heavy atom. The fraction of sp³-hybridized carbons (Fsp3) is 0.321. The van der Waals surface area contributed by atoms with Crippen LogP contribution in [-0.2, 0) is 19.9 Å². The molecule has 0 amide bonds. The summed E-state index contributed by atoms with van der Waals surface area (Å²) < 4.78 is 11.9. The molecule has 0 fully saturated rings. The molecule has 0 bridgehead atoms. The van der Waals surface area contributed by atoms with Crippen molar-refractivity contribution in [1.29, 1.82) is 0 Å². The van der Waals surface area contributed by atoms with E-state index in [2.05, 4.69) is 43.3 Å². The van der Waals surface area contributed by atoms with Crippen molar-refractivity contribution < 1.29 is 19.4 Å². The Morgan fingerprint density at radius 3 is 1.62 bits per heavy atom. The van der Waals surface area contributed by atoms with Gasteiger partial charge in [-0.15, -0.1) is 0 Å². The highest BCUT2D eigenvalue weighted by Crippen LogP contribution is 2.40. The third-order valence-corrected chi connectivity index (χ3v) is 5.64. The van der Waals surface area contributed by atoms with Gasteiger partial charge in [-0.3, -0.25) is 4.79 Å². The zero-order valence-corrected chi connectivity index (χ0v) is 18.8. The standard InChI is InChI=1S/C28H32O4/c1-22(18-24(19-29)21-31-23(2)30)20-32-28(25-12-6-3-7-13-25,26-14-8-4-9-15-26)27-16-10-5-11-17-27/h3-17,22,24,29H,18-21H2,1-2H3/t22-,24-/m0/s1. The van der Waals surface area contributed by atoms with Gasteiger partial charge in [-0.2, -0.15) is 0 Å². The van der Waals surface area contributed by atoms with Crippen LogP contribution in [-0.4, -0.2) is 30.9 Å². The van der Waals surface area contributed by atoms with Crippen LogP contribution in [0.4, 0.5) is 0 Å². The number of carbonyl (C=O) groups excluding carboxylic acids is 1. The van der Waals surface area contributed by atoms with E-state index in [1.54, 1.807) is 0 Å². The van der Waals surface area contributed by atoms with Gasteiger partial charge in [0, 0.05) is 19.4 Å². The molecule has 0 aliphatic heterocycles. The minimum atomic E-state index is -0.761. The lowest BCUT2D eigenvalue weighted by atomic mass is 9.80. The van der Waals surface area contributed by atoms with E-state index in [0.717, 1.165) is 16.7 Å². The van der Waals surface area contributed by atoms with Crippen molar-refractivity contribution in [3.63, 3.8) is 0 Å². The summed E-state index contributed by atoms with van der Waals surface area (Å²) in [7, 11) is 0. The highest BCUT2D eigenvalue weighted by atomic mass is 16.5. The lowest BCUT2D eigenvalue weighted by Gasteiger charge is -2.37. The Balaban J connectivity index is 1.92. The molecule has 0 spiro atoms. The quantitative estimate of drug-likeness (QED) is 0.335. The van der Waals surface area contributed by atoms with Gasteiger partial charge >= 0.3 is 5.97 Å². The molecule has 0 aromatic heterocycles. The molecule has 3 aromatic rings. The van der Waals surface area contributed by atoms with E-state index in [-0.39, 0.29) is 31.0 Å². The minimum Gasteiger partial charge on any atom is -0.465 e. The van der Waals surface area contributed by atoms with Gasteiger partial charge in [0.1, 0.15) is 5.60 Å². The van der Waals surface area contributed by atoms with Crippen LogP contribution in [0, 0.1) is 11.8 Å². The molecule has 3 aromatic carbocycles. The summed E-state index contributed by atoms with van der Waals surface area (Å²) in [5, 5.41) is 9.72. The van der Waals surface area contributed by atoms with Gasteiger partial charge in [0.15, 0.2) is 0 Å². The van der Waals surface area contributed by atoms with E-state index in [9.17, 15) is 9.90 Å².